The molecule has 2 rings (SSSR count). The van der Waals surface area contributed by atoms with Crippen LogP contribution in [0.25, 0.3) is 11.4 Å². The van der Waals surface area contributed by atoms with Crippen molar-refractivity contribution < 1.29 is 0 Å². The highest BCUT2D eigenvalue weighted by atomic mass is 79.9. The Bertz CT molecular complexity index is 599. The summed E-state index contributed by atoms with van der Waals surface area (Å²) >= 11 is 9.57. The molecular formula is C14H17BrClN3. The summed E-state index contributed by atoms with van der Waals surface area (Å²) in [5.41, 5.74) is 2.12. The number of nitrogens with zero attached hydrogens (tertiary/aromatic N) is 3. The highest BCUT2D eigenvalue weighted by Crippen LogP contribution is 2.32. The van der Waals surface area contributed by atoms with Gasteiger partial charge in [-0.25, -0.2) is 0 Å². The molecule has 1 heterocycles. The highest BCUT2D eigenvalue weighted by Gasteiger charge is 2.24. The van der Waals surface area contributed by atoms with Gasteiger partial charge >= 0.3 is 0 Å². The van der Waals surface area contributed by atoms with Crippen LogP contribution in [0, 0.1) is 6.92 Å². The maximum atomic E-state index is 5.97. The highest BCUT2D eigenvalue weighted by molar-refractivity contribution is 9.10. The molecule has 2 aromatic rings. The van der Waals surface area contributed by atoms with Crippen molar-refractivity contribution in [3.8, 4) is 11.4 Å². The lowest BCUT2D eigenvalue weighted by Crippen LogP contribution is -2.24. The minimum absolute atomic E-state index is 0.118. The molecule has 0 saturated carbocycles. The van der Waals surface area contributed by atoms with Gasteiger partial charge in [-0.1, -0.05) is 22.0 Å². The monoisotopic (exact) mass is 341 g/mol. The number of alkyl halides is 1. The van der Waals surface area contributed by atoms with Crippen LogP contribution in [-0.4, -0.2) is 14.8 Å². The van der Waals surface area contributed by atoms with Crippen LogP contribution in [0.1, 0.15) is 32.2 Å². The zero-order valence-corrected chi connectivity index (χ0v) is 13.9. The molecule has 0 aliphatic heterocycles. The molecule has 0 unspecified atom stereocenters. The first-order valence-corrected chi connectivity index (χ1v) is 7.44. The molecule has 0 bridgehead atoms. The van der Waals surface area contributed by atoms with Crippen LogP contribution in [0.4, 0.5) is 0 Å². The second-order valence-electron chi connectivity index (χ2n) is 5.56. The molecule has 0 radical (unpaired) electrons. The van der Waals surface area contributed by atoms with Crippen LogP contribution in [0.5, 0.6) is 0 Å². The van der Waals surface area contributed by atoms with Gasteiger partial charge in [0.2, 0.25) is 0 Å². The SMILES string of the molecule is Cc1ccc(-c2nnc(CCl)n2C(C)(C)C)c(Br)c1. The third-order valence-electron chi connectivity index (χ3n) is 2.89. The number of aryl methyl sites for hydroxylation is 1. The Kier molecular flexibility index (Phi) is 4.02. The molecule has 1 aromatic heterocycles. The first kappa shape index (κ1) is 14.5. The van der Waals surface area contributed by atoms with Gasteiger partial charge in [-0.3, -0.25) is 0 Å². The van der Waals surface area contributed by atoms with Gasteiger partial charge in [-0.05, 0) is 45.4 Å². The van der Waals surface area contributed by atoms with E-state index in [1.807, 2.05) is 0 Å². The Morgan fingerprint density at radius 2 is 1.95 bits per heavy atom. The molecule has 0 N–H and O–H groups in total. The van der Waals surface area contributed by atoms with E-state index in [0.717, 1.165) is 21.7 Å². The molecule has 3 nitrogen and oxygen atoms in total. The molecule has 0 aliphatic carbocycles. The predicted octanol–water partition coefficient (Wildman–Crippen LogP) is 4.51. The van der Waals surface area contributed by atoms with Gasteiger partial charge in [-0.15, -0.1) is 21.8 Å². The molecule has 0 fully saturated rings. The van der Waals surface area contributed by atoms with E-state index >= 15 is 0 Å². The van der Waals surface area contributed by atoms with Gasteiger partial charge in [0, 0.05) is 15.6 Å². The zero-order chi connectivity index (χ0) is 14.2. The average Bonchev–Trinajstić information content (AvgIpc) is 2.72. The summed E-state index contributed by atoms with van der Waals surface area (Å²) in [6.07, 6.45) is 0. The van der Waals surface area contributed by atoms with E-state index in [9.17, 15) is 0 Å². The molecule has 0 saturated heterocycles. The molecule has 19 heavy (non-hydrogen) atoms. The summed E-state index contributed by atoms with van der Waals surface area (Å²) in [5, 5.41) is 8.51. The maximum absolute atomic E-state index is 5.97. The van der Waals surface area contributed by atoms with Crippen LogP contribution in [-0.2, 0) is 11.4 Å². The number of hydrogen-bond donors (Lipinski definition) is 0. The number of benzene rings is 1. The van der Waals surface area contributed by atoms with E-state index in [-0.39, 0.29) is 5.54 Å². The third-order valence-corrected chi connectivity index (χ3v) is 3.78. The summed E-state index contributed by atoms with van der Waals surface area (Å²) in [6, 6.07) is 6.21. The molecule has 0 amide bonds. The van der Waals surface area contributed by atoms with Crippen molar-refractivity contribution in [2.45, 2.75) is 39.1 Å². The van der Waals surface area contributed by atoms with E-state index in [1.165, 1.54) is 5.56 Å². The Hall–Kier alpha value is -0.870. The summed E-state index contributed by atoms with van der Waals surface area (Å²) in [7, 11) is 0. The number of hydrogen-bond acceptors (Lipinski definition) is 2. The van der Waals surface area contributed by atoms with Gasteiger partial charge in [0.15, 0.2) is 5.82 Å². The van der Waals surface area contributed by atoms with Crippen LogP contribution in [0.3, 0.4) is 0 Å². The Labute approximate surface area is 127 Å². The Morgan fingerprint density at radius 1 is 1.26 bits per heavy atom. The van der Waals surface area contributed by atoms with E-state index in [2.05, 4.69) is 76.6 Å². The molecular weight excluding hydrogens is 326 g/mol. The van der Waals surface area contributed by atoms with Crippen molar-refractivity contribution in [3.63, 3.8) is 0 Å². The lowest BCUT2D eigenvalue weighted by molar-refractivity contribution is 0.390. The second-order valence-corrected chi connectivity index (χ2v) is 6.68. The molecule has 0 spiro atoms. The fraction of sp³-hybridized carbons (Fsp3) is 0.429. The minimum Gasteiger partial charge on any atom is -0.305 e. The van der Waals surface area contributed by atoms with Crippen molar-refractivity contribution in [2.24, 2.45) is 0 Å². The largest absolute Gasteiger partial charge is 0.305 e. The summed E-state index contributed by atoms with van der Waals surface area (Å²) in [5.74, 6) is 1.99. The first-order valence-electron chi connectivity index (χ1n) is 6.12. The van der Waals surface area contributed by atoms with Crippen molar-refractivity contribution in [3.05, 3.63) is 34.1 Å². The van der Waals surface area contributed by atoms with Crippen molar-refractivity contribution >= 4 is 27.5 Å². The third kappa shape index (κ3) is 2.84. The lowest BCUT2D eigenvalue weighted by atomic mass is 10.1. The lowest BCUT2D eigenvalue weighted by Gasteiger charge is -2.25. The quantitative estimate of drug-likeness (QED) is 0.752. The van der Waals surface area contributed by atoms with Crippen LogP contribution in [0.15, 0.2) is 22.7 Å². The smallest absolute Gasteiger partial charge is 0.165 e. The van der Waals surface area contributed by atoms with Gasteiger partial charge in [-0.2, -0.15) is 0 Å². The zero-order valence-electron chi connectivity index (χ0n) is 11.5. The Balaban J connectivity index is 2.66. The Morgan fingerprint density at radius 3 is 2.47 bits per heavy atom. The molecule has 1 aromatic carbocycles. The summed E-state index contributed by atoms with van der Waals surface area (Å²) in [6.45, 7) is 8.43. The first-order chi connectivity index (χ1) is 8.84. The van der Waals surface area contributed by atoms with Gasteiger partial charge < -0.3 is 4.57 Å². The standard InChI is InChI=1S/C14H17BrClN3/c1-9-5-6-10(11(15)7-9)13-18-17-12(8-16)19(13)14(2,3)4/h5-7H,8H2,1-4H3. The molecule has 0 atom stereocenters. The van der Waals surface area contributed by atoms with Crippen LogP contribution >= 0.6 is 27.5 Å². The van der Waals surface area contributed by atoms with Crippen LogP contribution < -0.4 is 0 Å². The minimum atomic E-state index is -0.118. The van der Waals surface area contributed by atoms with Gasteiger partial charge in [0.05, 0.1) is 5.88 Å². The van der Waals surface area contributed by atoms with Gasteiger partial charge in [0.25, 0.3) is 0 Å². The fourth-order valence-electron chi connectivity index (χ4n) is 2.08. The second kappa shape index (κ2) is 5.25. The van der Waals surface area contributed by atoms with Crippen molar-refractivity contribution in [2.75, 3.05) is 0 Å². The molecule has 0 aliphatic rings. The van der Waals surface area contributed by atoms with Crippen molar-refractivity contribution in [1.82, 2.24) is 14.8 Å². The fourth-order valence-corrected chi connectivity index (χ4v) is 2.93. The molecule has 102 valence electrons. The normalized spacial score (nSPS) is 11.9. The number of rotatable bonds is 2. The van der Waals surface area contributed by atoms with E-state index in [0.29, 0.717) is 5.88 Å². The summed E-state index contributed by atoms with van der Waals surface area (Å²) in [4.78, 5) is 0. The topological polar surface area (TPSA) is 30.7 Å². The molecule has 5 heteroatoms. The summed E-state index contributed by atoms with van der Waals surface area (Å²) < 4.78 is 3.11. The predicted molar refractivity (Wildman–Crippen MR) is 82.4 cm³/mol. The number of aromatic nitrogens is 3. The average molecular weight is 343 g/mol. The van der Waals surface area contributed by atoms with Gasteiger partial charge in [0.1, 0.15) is 5.82 Å². The van der Waals surface area contributed by atoms with E-state index in [1.54, 1.807) is 0 Å². The maximum Gasteiger partial charge on any atom is 0.165 e. The van der Waals surface area contributed by atoms with Crippen molar-refractivity contribution in [1.29, 1.82) is 0 Å². The number of halogens is 2. The van der Waals surface area contributed by atoms with E-state index in [4.69, 9.17) is 11.6 Å². The van der Waals surface area contributed by atoms with Crippen LogP contribution in [0.2, 0.25) is 0 Å². The van der Waals surface area contributed by atoms with E-state index < -0.39 is 0 Å².